The fourth-order valence-corrected chi connectivity index (χ4v) is 2.67. The zero-order chi connectivity index (χ0) is 13.6. The molecule has 1 aromatic carbocycles. The molecule has 0 radical (unpaired) electrons. The second-order valence-electron chi connectivity index (χ2n) is 4.61. The molecule has 2 heterocycles. The molecular weight excluding hydrogens is 308 g/mol. The second kappa shape index (κ2) is 4.38. The van der Waals surface area contributed by atoms with Crippen LogP contribution >= 0.6 is 15.9 Å². The quantitative estimate of drug-likeness (QED) is 0.882. The van der Waals surface area contributed by atoms with Gasteiger partial charge in [-0.25, -0.2) is 4.99 Å². The van der Waals surface area contributed by atoms with Crippen LogP contribution in [0, 0.1) is 0 Å². The van der Waals surface area contributed by atoms with Gasteiger partial charge in [-0.05, 0) is 17.7 Å². The first kappa shape index (κ1) is 12.2. The largest absolute Gasteiger partial charge is 0.369 e. The Morgan fingerprint density at radius 1 is 1.53 bits per heavy atom. The molecule has 1 aromatic heterocycles. The molecular formula is C13H13BrN4O. The second-order valence-corrected chi connectivity index (χ2v) is 5.52. The zero-order valence-corrected chi connectivity index (χ0v) is 11.9. The molecule has 3 rings (SSSR count). The van der Waals surface area contributed by atoms with E-state index in [1.165, 1.54) is 4.90 Å². The van der Waals surface area contributed by atoms with Crippen LogP contribution < -0.4 is 5.73 Å². The number of likely N-dealkylation sites (N-methyl/N-ethyl adjacent to an activating group) is 1. The molecule has 0 aliphatic carbocycles. The van der Waals surface area contributed by atoms with E-state index in [0.717, 1.165) is 20.9 Å². The average Bonchev–Trinajstić information content (AvgIpc) is 2.87. The Hall–Kier alpha value is -1.82. The van der Waals surface area contributed by atoms with Gasteiger partial charge in [-0.3, -0.25) is 9.69 Å². The van der Waals surface area contributed by atoms with Gasteiger partial charge >= 0.3 is 0 Å². The van der Waals surface area contributed by atoms with Crippen LogP contribution in [0.1, 0.15) is 5.56 Å². The lowest BCUT2D eigenvalue weighted by Crippen LogP contribution is -2.35. The lowest BCUT2D eigenvalue weighted by atomic mass is 10.1. The van der Waals surface area contributed by atoms with Gasteiger partial charge in [0, 0.05) is 35.0 Å². The first-order chi connectivity index (χ1) is 9.06. The molecule has 3 N–H and O–H groups in total. The number of halogens is 1. The molecule has 1 unspecified atom stereocenters. The van der Waals surface area contributed by atoms with Crippen LogP contribution in [0.15, 0.2) is 33.9 Å². The van der Waals surface area contributed by atoms with Gasteiger partial charge in [0.1, 0.15) is 6.04 Å². The van der Waals surface area contributed by atoms with Crippen molar-refractivity contribution in [3.63, 3.8) is 0 Å². The number of aliphatic imine (C=N–C) groups is 1. The van der Waals surface area contributed by atoms with Gasteiger partial charge in [0.05, 0.1) is 0 Å². The maximum Gasteiger partial charge on any atom is 0.254 e. The minimum atomic E-state index is -0.410. The molecule has 2 aromatic rings. The van der Waals surface area contributed by atoms with Crippen molar-refractivity contribution in [1.82, 2.24) is 9.88 Å². The number of aromatic nitrogens is 1. The molecule has 0 spiro atoms. The van der Waals surface area contributed by atoms with Crippen LogP contribution in [-0.2, 0) is 11.2 Å². The van der Waals surface area contributed by atoms with Crippen molar-refractivity contribution in [2.24, 2.45) is 10.7 Å². The van der Waals surface area contributed by atoms with E-state index in [0.29, 0.717) is 6.42 Å². The number of guanidine groups is 1. The van der Waals surface area contributed by atoms with Crippen molar-refractivity contribution in [3.05, 3.63) is 34.4 Å². The lowest BCUT2D eigenvalue weighted by Gasteiger charge is -2.09. The third-order valence-corrected chi connectivity index (χ3v) is 3.88. The average molecular weight is 321 g/mol. The van der Waals surface area contributed by atoms with Crippen LogP contribution in [0.4, 0.5) is 0 Å². The predicted octanol–water partition coefficient (Wildman–Crippen LogP) is 1.63. The monoisotopic (exact) mass is 320 g/mol. The standard InChI is InChI=1S/C13H13BrN4O/c1-18-12(19)11(17-13(18)15)4-7-6-16-10-5-8(14)2-3-9(7)10/h2-3,5-6,11,16H,4H2,1H3,(H2,15,17). The van der Waals surface area contributed by atoms with Crippen LogP contribution in [0.25, 0.3) is 10.9 Å². The van der Waals surface area contributed by atoms with Gasteiger partial charge in [-0.2, -0.15) is 0 Å². The zero-order valence-electron chi connectivity index (χ0n) is 10.4. The highest BCUT2D eigenvalue weighted by Gasteiger charge is 2.30. The van der Waals surface area contributed by atoms with Gasteiger partial charge in [0.2, 0.25) is 0 Å². The molecule has 0 fully saturated rings. The topological polar surface area (TPSA) is 74.5 Å². The minimum Gasteiger partial charge on any atom is -0.369 e. The molecule has 0 saturated heterocycles. The number of carbonyl (C=O) groups is 1. The van der Waals surface area contributed by atoms with E-state index in [1.54, 1.807) is 7.05 Å². The summed E-state index contributed by atoms with van der Waals surface area (Å²) in [6.45, 7) is 0. The van der Waals surface area contributed by atoms with Crippen LogP contribution in [-0.4, -0.2) is 34.8 Å². The summed E-state index contributed by atoms with van der Waals surface area (Å²) in [5.41, 5.74) is 7.78. The summed E-state index contributed by atoms with van der Waals surface area (Å²) in [4.78, 5) is 20.7. The highest BCUT2D eigenvalue weighted by atomic mass is 79.9. The van der Waals surface area contributed by atoms with E-state index in [4.69, 9.17) is 5.73 Å². The van der Waals surface area contributed by atoms with E-state index in [2.05, 4.69) is 25.9 Å². The molecule has 19 heavy (non-hydrogen) atoms. The normalized spacial score (nSPS) is 19.3. The summed E-state index contributed by atoms with van der Waals surface area (Å²) < 4.78 is 1.02. The smallest absolute Gasteiger partial charge is 0.254 e. The van der Waals surface area contributed by atoms with Crippen molar-refractivity contribution < 1.29 is 4.79 Å². The number of amides is 1. The van der Waals surface area contributed by atoms with Crippen LogP contribution in [0.3, 0.4) is 0 Å². The molecule has 6 heteroatoms. The number of benzene rings is 1. The van der Waals surface area contributed by atoms with Gasteiger partial charge in [-0.1, -0.05) is 22.0 Å². The summed E-state index contributed by atoms with van der Waals surface area (Å²) in [6.07, 6.45) is 2.49. The van der Waals surface area contributed by atoms with E-state index >= 15 is 0 Å². The molecule has 1 aliphatic heterocycles. The number of hydrogen-bond acceptors (Lipinski definition) is 3. The fraction of sp³-hybridized carbons (Fsp3) is 0.231. The van der Waals surface area contributed by atoms with Gasteiger partial charge in [0.15, 0.2) is 5.96 Å². The SMILES string of the molecule is CN1C(=O)C(Cc2c[nH]c3cc(Br)ccc23)N=C1N. The number of aromatic amines is 1. The Labute approximate surface area is 118 Å². The first-order valence-corrected chi connectivity index (χ1v) is 6.72. The predicted molar refractivity (Wildman–Crippen MR) is 77.9 cm³/mol. The van der Waals surface area contributed by atoms with Crippen molar-refractivity contribution in [3.8, 4) is 0 Å². The van der Waals surface area contributed by atoms with Crippen molar-refractivity contribution >= 4 is 38.7 Å². The molecule has 1 aliphatic rings. The number of rotatable bonds is 2. The Bertz CT molecular complexity index is 691. The Morgan fingerprint density at radius 2 is 2.32 bits per heavy atom. The maximum absolute atomic E-state index is 11.9. The maximum atomic E-state index is 11.9. The van der Waals surface area contributed by atoms with Gasteiger partial charge in [-0.15, -0.1) is 0 Å². The number of fused-ring (bicyclic) bond motifs is 1. The number of nitrogens with two attached hydrogens (primary N) is 1. The van der Waals surface area contributed by atoms with Crippen LogP contribution in [0.5, 0.6) is 0 Å². The summed E-state index contributed by atoms with van der Waals surface area (Å²) in [5.74, 6) is 0.238. The molecule has 1 amide bonds. The third-order valence-electron chi connectivity index (χ3n) is 3.39. The fourth-order valence-electron chi connectivity index (χ4n) is 2.31. The highest BCUT2D eigenvalue weighted by Crippen LogP contribution is 2.24. The third kappa shape index (κ3) is 2.02. The Kier molecular flexibility index (Phi) is 2.82. The highest BCUT2D eigenvalue weighted by molar-refractivity contribution is 9.10. The van der Waals surface area contributed by atoms with Crippen molar-refractivity contribution in [1.29, 1.82) is 0 Å². The summed E-state index contributed by atoms with van der Waals surface area (Å²) in [7, 11) is 1.65. The molecule has 0 bridgehead atoms. The summed E-state index contributed by atoms with van der Waals surface area (Å²) in [5, 5.41) is 1.11. The Balaban J connectivity index is 1.92. The number of carbonyl (C=O) groups excluding carboxylic acids is 1. The van der Waals surface area contributed by atoms with E-state index in [1.807, 2.05) is 24.4 Å². The molecule has 0 saturated carbocycles. The van der Waals surface area contributed by atoms with E-state index in [-0.39, 0.29) is 11.9 Å². The van der Waals surface area contributed by atoms with Gasteiger partial charge in [0.25, 0.3) is 5.91 Å². The van der Waals surface area contributed by atoms with Crippen molar-refractivity contribution in [2.45, 2.75) is 12.5 Å². The molecule has 5 nitrogen and oxygen atoms in total. The number of nitrogens with zero attached hydrogens (tertiary/aromatic N) is 2. The molecule has 98 valence electrons. The van der Waals surface area contributed by atoms with E-state index < -0.39 is 6.04 Å². The number of hydrogen-bond donors (Lipinski definition) is 2. The number of nitrogens with one attached hydrogen (secondary N) is 1. The van der Waals surface area contributed by atoms with Crippen molar-refractivity contribution in [2.75, 3.05) is 7.05 Å². The van der Waals surface area contributed by atoms with E-state index in [9.17, 15) is 4.79 Å². The summed E-state index contributed by atoms with van der Waals surface area (Å²) >= 11 is 3.44. The number of H-pyrrole nitrogens is 1. The van der Waals surface area contributed by atoms with Crippen LogP contribution in [0.2, 0.25) is 0 Å². The first-order valence-electron chi connectivity index (χ1n) is 5.92. The van der Waals surface area contributed by atoms with Gasteiger partial charge < -0.3 is 10.7 Å². The molecule has 1 atom stereocenters. The minimum absolute atomic E-state index is 0.0519. The summed E-state index contributed by atoms with van der Waals surface area (Å²) in [6, 6.07) is 5.62. The Morgan fingerprint density at radius 3 is 3.00 bits per heavy atom. The lowest BCUT2D eigenvalue weighted by molar-refractivity contribution is -0.126.